The Hall–Kier alpha value is -1.18. The Morgan fingerprint density at radius 1 is 1.26 bits per heavy atom. The highest BCUT2D eigenvalue weighted by atomic mass is 127. The summed E-state index contributed by atoms with van der Waals surface area (Å²) in [4.78, 5) is 6.50. The van der Waals surface area contributed by atoms with E-state index >= 15 is 0 Å². The zero-order chi connectivity index (χ0) is 13.0. The molecular weight excluding hydrogens is 357 g/mol. The summed E-state index contributed by atoms with van der Waals surface area (Å²) in [5.74, 6) is 2.44. The second-order valence-corrected chi connectivity index (χ2v) is 4.17. The Balaban J connectivity index is 0.00000180. The molecule has 1 heterocycles. The molecule has 1 N–H and O–H groups in total. The summed E-state index contributed by atoms with van der Waals surface area (Å²) < 4.78 is 10.5. The number of hydrogen-bond donors (Lipinski definition) is 1. The third kappa shape index (κ3) is 3.89. The molecule has 0 radical (unpaired) electrons. The van der Waals surface area contributed by atoms with E-state index in [2.05, 4.69) is 15.2 Å². The van der Waals surface area contributed by atoms with E-state index in [0.29, 0.717) is 0 Å². The largest absolute Gasteiger partial charge is 0.493 e. The summed E-state index contributed by atoms with van der Waals surface area (Å²) >= 11 is 0. The molecular formula is C13H20IN3O2. The second-order valence-electron chi connectivity index (χ2n) is 4.17. The smallest absolute Gasteiger partial charge is 0.194 e. The SMILES string of the molecule is COc1ccc(CNC2=NCCN2C)cc1OC.I. The van der Waals surface area contributed by atoms with E-state index in [1.807, 2.05) is 25.2 Å². The van der Waals surface area contributed by atoms with Gasteiger partial charge in [0.1, 0.15) is 0 Å². The molecule has 1 aliphatic rings. The van der Waals surface area contributed by atoms with E-state index < -0.39 is 0 Å². The van der Waals surface area contributed by atoms with Crippen LogP contribution in [0, 0.1) is 0 Å². The molecule has 1 aromatic rings. The number of ether oxygens (including phenoxy) is 2. The van der Waals surface area contributed by atoms with Crippen LogP contribution in [-0.4, -0.2) is 45.2 Å². The van der Waals surface area contributed by atoms with Crippen molar-refractivity contribution in [3.8, 4) is 11.5 Å². The number of rotatable bonds is 4. The van der Waals surface area contributed by atoms with Crippen LogP contribution in [0.1, 0.15) is 5.56 Å². The van der Waals surface area contributed by atoms with Crippen molar-refractivity contribution in [3.63, 3.8) is 0 Å². The van der Waals surface area contributed by atoms with Crippen molar-refractivity contribution >= 4 is 29.9 Å². The zero-order valence-corrected chi connectivity index (χ0v) is 13.8. The maximum absolute atomic E-state index is 5.28. The molecule has 6 heteroatoms. The molecule has 0 amide bonds. The number of hydrogen-bond acceptors (Lipinski definition) is 5. The van der Waals surface area contributed by atoms with Crippen LogP contribution in [0.5, 0.6) is 11.5 Å². The molecule has 0 aliphatic carbocycles. The number of likely N-dealkylation sites (N-methyl/N-ethyl adjacent to an activating group) is 1. The highest BCUT2D eigenvalue weighted by Gasteiger charge is 2.11. The van der Waals surface area contributed by atoms with Crippen molar-refractivity contribution in [2.75, 3.05) is 34.4 Å². The quantitative estimate of drug-likeness (QED) is 0.812. The van der Waals surface area contributed by atoms with Gasteiger partial charge in [0.25, 0.3) is 0 Å². The molecule has 5 nitrogen and oxygen atoms in total. The highest BCUT2D eigenvalue weighted by molar-refractivity contribution is 14.0. The van der Waals surface area contributed by atoms with Crippen LogP contribution in [0.3, 0.4) is 0 Å². The zero-order valence-electron chi connectivity index (χ0n) is 11.5. The second kappa shape index (κ2) is 7.42. The molecule has 1 aliphatic heterocycles. The molecule has 106 valence electrons. The molecule has 0 atom stereocenters. The number of nitrogens with zero attached hydrogens (tertiary/aromatic N) is 2. The van der Waals surface area contributed by atoms with Crippen LogP contribution in [0.2, 0.25) is 0 Å². The lowest BCUT2D eigenvalue weighted by Crippen LogP contribution is -2.35. The first-order chi connectivity index (χ1) is 8.74. The molecule has 0 aromatic heterocycles. The first-order valence-electron chi connectivity index (χ1n) is 5.95. The van der Waals surface area contributed by atoms with E-state index in [-0.39, 0.29) is 24.0 Å². The summed E-state index contributed by atoms with van der Waals surface area (Å²) in [7, 11) is 5.31. The number of nitrogens with one attached hydrogen (secondary N) is 1. The number of methoxy groups -OCH3 is 2. The molecule has 0 unspecified atom stereocenters. The van der Waals surface area contributed by atoms with Crippen molar-refractivity contribution < 1.29 is 9.47 Å². The molecule has 0 fully saturated rings. The van der Waals surface area contributed by atoms with Crippen LogP contribution in [0.15, 0.2) is 23.2 Å². The fourth-order valence-corrected chi connectivity index (χ4v) is 1.90. The number of aliphatic imine (C=N–C) groups is 1. The monoisotopic (exact) mass is 377 g/mol. The first-order valence-corrected chi connectivity index (χ1v) is 5.95. The Labute approximate surface area is 131 Å². The minimum Gasteiger partial charge on any atom is -0.493 e. The lowest BCUT2D eigenvalue weighted by atomic mass is 10.2. The van der Waals surface area contributed by atoms with Crippen LogP contribution in [0.25, 0.3) is 0 Å². The highest BCUT2D eigenvalue weighted by Crippen LogP contribution is 2.27. The predicted octanol–water partition coefficient (Wildman–Crippen LogP) is 1.71. The molecule has 19 heavy (non-hydrogen) atoms. The van der Waals surface area contributed by atoms with Gasteiger partial charge in [-0.2, -0.15) is 0 Å². The fourth-order valence-electron chi connectivity index (χ4n) is 1.90. The van der Waals surface area contributed by atoms with Crippen molar-refractivity contribution in [1.82, 2.24) is 10.2 Å². The number of guanidine groups is 1. The first kappa shape index (κ1) is 15.9. The van der Waals surface area contributed by atoms with Crippen molar-refractivity contribution in [2.24, 2.45) is 4.99 Å². The average molecular weight is 377 g/mol. The van der Waals surface area contributed by atoms with Gasteiger partial charge in [0.15, 0.2) is 17.5 Å². The minimum absolute atomic E-state index is 0. The summed E-state index contributed by atoms with van der Waals surface area (Å²) in [6.45, 7) is 2.57. The lowest BCUT2D eigenvalue weighted by molar-refractivity contribution is 0.354. The summed E-state index contributed by atoms with van der Waals surface area (Å²) in [5.41, 5.74) is 1.13. The summed E-state index contributed by atoms with van der Waals surface area (Å²) in [6, 6.07) is 5.90. The van der Waals surface area contributed by atoms with E-state index in [0.717, 1.165) is 42.7 Å². The van der Waals surface area contributed by atoms with Gasteiger partial charge in [-0.05, 0) is 17.7 Å². The topological polar surface area (TPSA) is 46.1 Å². The van der Waals surface area contributed by atoms with Crippen molar-refractivity contribution in [3.05, 3.63) is 23.8 Å². The van der Waals surface area contributed by atoms with E-state index in [9.17, 15) is 0 Å². The van der Waals surface area contributed by atoms with Crippen molar-refractivity contribution in [2.45, 2.75) is 6.54 Å². The van der Waals surface area contributed by atoms with E-state index in [1.165, 1.54) is 0 Å². The summed E-state index contributed by atoms with van der Waals surface area (Å²) in [5, 5.41) is 3.32. The standard InChI is InChI=1S/C13H19N3O2.HI/c1-16-7-6-14-13(16)15-9-10-4-5-11(17-2)12(8-10)18-3;/h4-5,8H,6-7,9H2,1-3H3,(H,14,15);1H. The minimum atomic E-state index is 0. The summed E-state index contributed by atoms with van der Waals surface area (Å²) in [6.07, 6.45) is 0. The third-order valence-corrected chi connectivity index (χ3v) is 2.96. The molecule has 0 spiro atoms. The Morgan fingerprint density at radius 3 is 2.58 bits per heavy atom. The molecule has 0 bridgehead atoms. The van der Waals surface area contributed by atoms with Crippen LogP contribution >= 0.6 is 24.0 Å². The molecule has 1 aromatic carbocycles. The van der Waals surface area contributed by atoms with Gasteiger partial charge < -0.3 is 19.7 Å². The Kier molecular flexibility index (Phi) is 6.20. The molecule has 0 saturated carbocycles. The van der Waals surface area contributed by atoms with Gasteiger partial charge in [-0.1, -0.05) is 6.07 Å². The van der Waals surface area contributed by atoms with Gasteiger partial charge in [-0.3, -0.25) is 4.99 Å². The lowest BCUT2D eigenvalue weighted by Gasteiger charge is -2.16. The maximum Gasteiger partial charge on any atom is 0.194 e. The van der Waals surface area contributed by atoms with Gasteiger partial charge >= 0.3 is 0 Å². The average Bonchev–Trinajstić information content (AvgIpc) is 2.81. The van der Waals surface area contributed by atoms with E-state index in [4.69, 9.17) is 9.47 Å². The van der Waals surface area contributed by atoms with Crippen LogP contribution < -0.4 is 14.8 Å². The maximum atomic E-state index is 5.28. The van der Waals surface area contributed by atoms with Crippen molar-refractivity contribution in [1.29, 1.82) is 0 Å². The van der Waals surface area contributed by atoms with Gasteiger partial charge in [-0.25, -0.2) is 0 Å². The molecule has 2 rings (SSSR count). The normalized spacial score (nSPS) is 13.6. The molecule has 0 saturated heterocycles. The van der Waals surface area contributed by atoms with Gasteiger partial charge in [0, 0.05) is 20.1 Å². The Bertz CT molecular complexity index is 452. The van der Waals surface area contributed by atoms with Crippen LogP contribution in [0.4, 0.5) is 0 Å². The predicted molar refractivity (Wildman–Crippen MR) is 86.7 cm³/mol. The number of benzene rings is 1. The fraction of sp³-hybridized carbons (Fsp3) is 0.462. The van der Waals surface area contributed by atoms with Gasteiger partial charge in [0.2, 0.25) is 0 Å². The Morgan fingerprint density at radius 2 is 2.00 bits per heavy atom. The van der Waals surface area contributed by atoms with Gasteiger partial charge in [0.05, 0.1) is 20.8 Å². The number of halogens is 1. The van der Waals surface area contributed by atoms with E-state index in [1.54, 1.807) is 14.2 Å². The van der Waals surface area contributed by atoms with Crippen LogP contribution in [-0.2, 0) is 6.54 Å². The van der Waals surface area contributed by atoms with Gasteiger partial charge in [-0.15, -0.1) is 24.0 Å². The third-order valence-electron chi connectivity index (χ3n) is 2.96.